The zero-order valence-corrected chi connectivity index (χ0v) is 14.6. The Balaban J connectivity index is 1.16. The Hall–Kier alpha value is -2.07. The van der Waals surface area contributed by atoms with Crippen LogP contribution in [0, 0.1) is 11.8 Å². The van der Waals surface area contributed by atoms with Crippen molar-refractivity contribution >= 4 is 5.91 Å². The lowest BCUT2D eigenvalue weighted by atomic mass is 9.96. The Morgan fingerprint density at radius 3 is 2.64 bits per heavy atom. The number of furan rings is 1. The standard InChI is InChI=1S/C21H26N2O2/c24-21(19-13-18(19)20-7-4-12-25-20)22-14-16-8-10-23(11-9-16)15-17-5-2-1-3-6-17/h1-7,12,16,18-19H,8-11,13-15H2,(H,22,24)/t18-,19-/m0/s1. The summed E-state index contributed by atoms with van der Waals surface area (Å²) in [6.45, 7) is 4.09. The first kappa shape index (κ1) is 16.4. The number of rotatable bonds is 6. The maximum Gasteiger partial charge on any atom is 0.223 e. The van der Waals surface area contributed by atoms with Crippen molar-refractivity contribution in [1.29, 1.82) is 0 Å². The third kappa shape index (κ3) is 4.13. The van der Waals surface area contributed by atoms with Gasteiger partial charge in [0, 0.05) is 24.9 Å². The number of amides is 1. The molecule has 0 unspecified atom stereocenters. The van der Waals surface area contributed by atoms with Gasteiger partial charge in [-0.15, -0.1) is 0 Å². The lowest BCUT2D eigenvalue weighted by Gasteiger charge is -2.32. The molecule has 2 heterocycles. The largest absolute Gasteiger partial charge is 0.469 e. The summed E-state index contributed by atoms with van der Waals surface area (Å²) in [7, 11) is 0. The highest BCUT2D eigenvalue weighted by Gasteiger charge is 2.45. The molecule has 4 rings (SSSR count). The average Bonchev–Trinajstić information content (AvgIpc) is 3.27. The van der Waals surface area contributed by atoms with Gasteiger partial charge >= 0.3 is 0 Å². The third-order valence-corrected chi connectivity index (χ3v) is 5.56. The highest BCUT2D eigenvalue weighted by Crippen LogP contribution is 2.47. The van der Waals surface area contributed by atoms with Gasteiger partial charge in [0.25, 0.3) is 0 Å². The summed E-state index contributed by atoms with van der Waals surface area (Å²) in [5.41, 5.74) is 1.38. The normalized spacial score (nSPS) is 24.2. The van der Waals surface area contributed by atoms with Crippen LogP contribution in [0.5, 0.6) is 0 Å². The van der Waals surface area contributed by atoms with Crippen LogP contribution in [0.1, 0.15) is 36.5 Å². The van der Waals surface area contributed by atoms with Gasteiger partial charge in [-0.05, 0) is 56.0 Å². The van der Waals surface area contributed by atoms with E-state index in [4.69, 9.17) is 4.42 Å². The molecule has 0 radical (unpaired) electrons. The van der Waals surface area contributed by atoms with Crippen LogP contribution in [-0.4, -0.2) is 30.4 Å². The predicted octanol–water partition coefficient (Wildman–Crippen LogP) is 3.41. The fraction of sp³-hybridized carbons (Fsp3) is 0.476. The van der Waals surface area contributed by atoms with Crippen molar-refractivity contribution in [2.75, 3.05) is 19.6 Å². The molecule has 1 N–H and O–H groups in total. The molecular weight excluding hydrogens is 312 g/mol. The van der Waals surface area contributed by atoms with Gasteiger partial charge in [0.2, 0.25) is 5.91 Å². The van der Waals surface area contributed by atoms with Crippen LogP contribution < -0.4 is 5.32 Å². The number of carbonyl (C=O) groups excluding carboxylic acids is 1. The fourth-order valence-electron chi connectivity index (χ4n) is 3.87. The third-order valence-electron chi connectivity index (χ3n) is 5.56. The number of hydrogen-bond acceptors (Lipinski definition) is 3. The second-order valence-electron chi connectivity index (χ2n) is 7.41. The van der Waals surface area contributed by atoms with E-state index in [0.29, 0.717) is 11.8 Å². The molecule has 1 aliphatic heterocycles. The Bertz CT molecular complexity index is 675. The van der Waals surface area contributed by atoms with Crippen LogP contribution in [0.2, 0.25) is 0 Å². The molecule has 2 aromatic rings. The molecule has 25 heavy (non-hydrogen) atoms. The molecule has 1 aromatic heterocycles. The van der Waals surface area contributed by atoms with Crippen LogP contribution >= 0.6 is 0 Å². The minimum Gasteiger partial charge on any atom is -0.469 e. The van der Waals surface area contributed by atoms with E-state index in [9.17, 15) is 4.79 Å². The molecule has 0 bridgehead atoms. The Kier molecular flexibility index (Phi) is 4.88. The van der Waals surface area contributed by atoms with Crippen molar-refractivity contribution < 1.29 is 9.21 Å². The Morgan fingerprint density at radius 1 is 1.12 bits per heavy atom. The number of likely N-dealkylation sites (tertiary alicyclic amines) is 1. The van der Waals surface area contributed by atoms with Gasteiger partial charge in [-0.2, -0.15) is 0 Å². The summed E-state index contributed by atoms with van der Waals surface area (Å²) in [5.74, 6) is 2.17. The summed E-state index contributed by atoms with van der Waals surface area (Å²) >= 11 is 0. The van der Waals surface area contributed by atoms with Gasteiger partial charge in [-0.3, -0.25) is 9.69 Å². The molecule has 1 saturated carbocycles. The first-order valence-electron chi connectivity index (χ1n) is 9.37. The van der Waals surface area contributed by atoms with Crippen molar-refractivity contribution in [2.24, 2.45) is 11.8 Å². The van der Waals surface area contributed by atoms with Crippen molar-refractivity contribution in [3.8, 4) is 0 Å². The van der Waals surface area contributed by atoms with Crippen molar-refractivity contribution in [3.05, 3.63) is 60.1 Å². The Morgan fingerprint density at radius 2 is 1.92 bits per heavy atom. The average molecular weight is 338 g/mol. The van der Waals surface area contributed by atoms with Crippen LogP contribution in [0.4, 0.5) is 0 Å². The number of piperidine rings is 1. The quantitative estimate of drug-likeness (QED) is 0.878. The molecule has 0 spiro atoms. The second-order valence-corrected chi connectivity index (χ2v) is 7.41. The summed E-state index contributed by atoms with van der Waals surface area (Å²) in [4.78, 5) is 14.8. The van der Waals surface area contributed by atoms with E-state index >= 15 is 0 Å². The molecule has 4 nitrogen and oxygen atoms in total. The van der Waals surface area contributed by atoms with Crippen LogP contribution in [0.3, 0.4) is 0 Å². The van der Waals surface area contributed by atoms with Gasteiger partial charge in [0.05, 0.1) is 6.26 Å². The van der Waals surface area contributed by atoms with Gasteiger partial charge < -0.3 is 9.73 Å². The summed E-state index contributed by atoms with van der Waals surface area (Å²) in [6.07, 6.45) is 4.94. The fourth-order valence-corrected chi connectivity index (χ4v) is 3.87. The van der Waals surface area contributed by atoms with E-state index in [0.717, 1.165) is 38.4 Å². The summed E-state index contributed by atoms with van der Waals surface area (Å²) in [6, 6.07) is 14.5. The van der Waals surface area contributed by atoms with E-state index in [2.05, 4.69) is 40.5 Å². The zero-order chi connectivity index (χ0) is 17.1. The SMILES string of the molecule is O=C(NCC1CCN(Cc2ccccc2)CC1)[C@H]1C[C@@H]1c1ccco1. The molecule has 2 fully saturated rings. The zero-order valence-electron chi connectivity index (χ0n) is 14.6. The lowest BCUT2D eigenvalue weighted by Crippen LogP contribution is -2.38. The van der Waals surface area contributed by atoms with Gasteiger partial charge in [0.1, 0.15) is 5.76 Å². The summed E-state index contributed by atoms with van der Waals surface area (Å²) in [5, 5.41) is 3.17. The number of benzene rings is 1. The maximum absolute atomic E-state index is 12.3. The second kappa shape index (κ2) is 7.44. The van der Waals surface area contributed by atoms with E-state index in [1.165, 1.54) is 18.4 Å². The number of carbonyl (C=O) groups is 1. The minimum absolute atomic E-state index is 0.115. The molecule has 1 amide bonds. The molecular formula is C21H26N2O2. The highest BCUT2D eigenvalue weighted by atomic mass is 16.3. The van der Waals surface area contributed by atoms with Crippen molar-refractivity contribution in [2.45, 2.75) is 31.7 Å². The van der Waals surface area contributed by atoms with Gasteiger partial charge in [-0.1, -0.05) is 30.3 Å². The number of nitrogens with zero attached hydrogens (tertiary/aromatic N) is 1. The predicted molar refractivity (Wildman–Crippen MR) is 97.0 cm³/mol. The van der Waals surface area contributed by atoms with Crippen molar-refractivity contribution in [1.82, 2.24) is 10.2 Å². The smallest absolute Gasteiger partial charge is 0.223 e. The van der Waals surface area contributed by atoms with Crippen molar-refractivity contribution in [3.63, 3.8) is 0 Å². The molecule has 1 aliphatic carbocycles. The van der Waals surface area contributed by atoms with E-state index in [1.807, 2.05) is 12.1 Å². The summed E-state index contributed by atoms with van der Waals surface area (Å²) < 4.78 is 5.41. The topological polar surface area (TPSA) is 45.5 Å². The molecule has 1 saturated heterocycles. The first-order chi connectivity index (χ1) is 12.3. The minimum atomic E-state index is 0.115. The Labute approximate surface area is 149 Å². The molecule has 2 aliphatic rings. The van der Waals surface area contributed by atoms with Crippen LogP contribution in [-0.2, 0) is 11.3 Å². The number of nitrogens with one attached hydrogen (secondary N) is 1. The van der Waals surface area contributed by atoms with E-state index < -0.39 is 0 Å². The van der Waals surface area contributed by atoms with E-state index in [1.54, 1.807) is 6.26 Å². The monoisotopic (exact) mass is 338 g/mol. The van der Waals surface area contributed by atoms with E-state index in [-0.39, 0.29) is 11.8 Å². The maximum atomic E-state index is 12.3. The lowest BCUT2D eigenvalue weighted by molar-refractivity contribution is -0.122. The highest BCUT2D eigenvalue weighted by molar-refractivity contribution is 5.82. The van der Waals surface area contributed by atoms with Gasteiger partial charge in [0.15, 0.2) is 0 Å². The molecule has 4 heteroatoms. The van der Waals surface area contributed by atoms with Crippen LogP contribution in [0.25, 0.3) is 0 Å². The number of hydrogen-bond donors (Lipinski definition) is 1. The molecule has 2 atom stereocenters. The molecule has 1 aromatic carbocycles. The molecule has 132 valence electrons. The first-order valence-corrected chi connectivity index (χ1v) is 9.37. The van der Waals surface area contributed by atoms with Crippen LogP contribution in [0.15, 0.2) is 53.1 Å². The van der Waals surface area contributed by atoms with Gasteiger partial charge in [-0.25, -0.2) is 0 Å².